The summed E-state index contributed by atoms with van der Waals surface area (Å²) in [5.41, 5.74) is 1.53. The van der Waals surface area contributed by atoms with Gasteiger partial charge in [0.15, 0.2) is 0 Å². The van der Waals surface area contributed by atoms with Crippen molar-refractivity contribution < 1.29 is 9.53 Å². The van der Waals surface area contributed by atoms with Crippen molar-refractivity contribution in [2.75, 3.05) is 13.2 Å². The molecule has 3 rings (SSSR count). The molecule has 1 amide bonds. The van der Waals surface area contributed by atoms with Crippen molar-refractivity contribution in [2.24, 2.45) is 0 Å². The molecule has 5 heteroatoms. The lowest BCUT2D eigenvalue weighted by Gasteiger charge is -2.42. The minimum atomic E-state index is -0.295. The van der Waals surface area contributed by atoms with Crippen LogP contribution in [0, 0.1) is 0 Å². The van der Waals surface area contributed by atoms with E-state index in [-0.39, 0.29) is 17.6 Å². The summed E-state index contributed by atoms with van der Waals surface area (Å²) in [5.74, 6) is 0.0707. The molecule has 1 aromatic heterocycles. The van der Waals surface area contributed by atoms with E-state index >= 15 is 0 Å². The molecule has 1 fully saturated rings. The van der Waals surface area contributed by atoms with Crippen LogP contribution in [0.25, 0.3) is 0 Å². The third-order valence-electron chi connectivity index (χ3n) is 4.16. The zero-order chi connectivity index (χ0) is 16.4. The van der Waals surface area contributed by atoms with Crippen molar-refractivity contribution in [3.63, 3.8) is 0 Å². The molecule has 0 N–H and O–H groups in total. The van der Waals surface area contributed by atoms with Gasteiger partial charge in [-0.2, -0.15) is 0 Å². The van der Waals surface area contributed by atoms with E-state index in [0.29, 0.717) is 19.7 Å². The maximum absolute atomic E-state index is 12.9. The predicted molar refractivity (Wildman–Crippen MR) is 88.3 cm³/mol. The molecule has 1 saturated heterocycles. The fourth-order valence-electron chi connectivity index (χ4n) is 2.88. The molecule has 5 nitrogen and oxygen atoms in total. The zero-order valence-electron chi connectivity index (χ0n) is 13.9. The summed E-state index contributed by atoms with van der Waals surface area (Å²) in [6, 6.07) is 7.92. The number of rotatable bonds is 3. The van der Waals surface area contributed by atoms with Crippen molar-refractivity contribution in [1.82, 2.24) is 14.5 Å². The lowest BCUT2D eigenvalue weighted by atomic mass is 10.0. The van der Waals surface area contributed by atoms with E-state index < -0.39 is 0 Å². The second-order valence-corrected chi connectivity index (χ2v) is 6.79. The standard InChI is InChI=1S/C18H23N3O2/c1-14-11-23-18(2,3)12-21(14)17(22)16-6-4-5-15(9-16)10-20-8-7-19-13-20/h4-9,13-14H,10-12H2,1-3H3/t14-/m0/s1. The molecule has 0 saturated carbocycles. The number of benzene rings is 1. The second-order valence-electron chi connectivity index (χ2n) is 6.79. The second kappa shape index (κ2) is 6.16. The van der Waals surface area contributed by atoms with Gasteiger partial charge in [-0.1, -0.05) is 12.1 Å². The number of ether oxygens (including phenoxy) is 1. The van der Waals surface area contributed by atoms with Crippen molar-refractivity contribution in [3.8, 4) is 0 Å². The van der Waals surface area contributed by atoms with Crippen LogP contribution >= 0.6 is 0 Å². The Morgan fingerprint density at radius 2 is 2.26 bits per heavy atom. The number of carbonyl (C=O) groups excluding carboxylic acids is 1. The van der Waals surface area contributed by atoms with Gasteiger partial charge < -0.3 is 14.2 Å². The Morgan fingerprint density at radius 3 is 3.00 bits per heavy atom. The maximum atomic E-state index is 12.9. The summed E-state index contributed by atoms with van der Waals surface area (Å²) in [5, 5.41) is 0. The monoisotopic (exact) mass is 313 g/mol. The largest absolute Gasteiger partial charge is 0.372 e. The van der Waals surface area contributed by atoms with Gasteiger partial charge in [-0.25, -0.2) is 4.98 Å². The third-order valence-corrected chi connectivity index (χ3v) is 4.16. The molecule has 23 heavy (non-hydrogen) atoms. The molecule has 0 radical (unpaired) electrons. The number of aromatic nitrogens is 2. The van der Waals surface area contributed by atoms with Crippen LogP contribution in [-0.2, 0) is 11.3 Å². The molecular weight excluding hydrogens is 290 g/mol. The zero-order valence-corrected chi connectivity index (χ0v) is 13.9. The van der Waals surface area contributed by atoms with E-state index in [1.165, 1.54) is 0 Å². The normalized spacial score (nSPS) is 20.5. The van der Waals surface area contributed by atoms with Gasteiger partial charge in [0.25, 0.3) is 5.91 Å². The molecule has 1 aliphatic heterocycles. The van der Waals surface area contributed by atoms with Gasteiger partial charge in [-0.05, 0) is 38.5 Å². The lowest BCUT2D eigenvalue weighted by molar-refractivity contribution is -0.0980. The Morgan fingerprint density at radius 1 is 1.43 bits per heavy atom. The highest BCUT2D eigenvalue weighted by Gasteiger charge is 2.34. The Kier molecular flexibility index (Phi) is 4.22. The van der Waals surface area contributed by atoms with Crippen LogP contribution < -0.4 is 0 Å². The molecule has 2 heterocycles. The minimum Gasteiger partial charge on any atom is -0.372 e. The molecule has 122 valence electrons. The summed E-state index contributed by atoms with van der Waals surface area (Å²) >= 11 is 0. The van der Waals surface area contributed by atoms with Crippen LogP contribution in [-0.4, -0.2) is 45.2 Å². The molecule has 1 aliphatic rings. The quantitative estimate of drug-likeness (QED) is 0.875. The van der Waals surface area contributed by atoms with Crippen molar-refractivity contribution in [1.29, 1.82) is 0 Å². The van der Waals surface area contributed by atoms with Crippen LogP contribution in [0.1, 0.15) is 36.7 Å². The van der Waals surface area contributed by atoms with E-state index in [9.17, 15) is 4.79 Å². The average molecular weight is 313 g/mol. The number of morpholine rings is 1. The summed E-state index contributed by atoms with van der Waals surface area (Å²) < 4.78 is 7.77. The summed E-state index contributed by atoms with van der Waals surface area (Å²) in [4.78, 5) is 18.9. The van der Waals surface area contributed by atoms with E-state index in [1.807, 2.05) is 60.7 Å². The molecule has 1 aromatic carbocycles. The summed E-state index contributed by atoms with van der Waals surface area (Å²) in [7, 11) is 0. The summed E-state index contributed by atoms with van der Waals surface area (Å²) in [6.45, 7) is 7.98. The van der Waals surface area contributed by atoms with Gasteiger partial charge in [0, 0.05) is 31.0 Å². The van der Waals surface area contributed by atoms with Crippen LogP contribution in [0.15, 0.2) is 43.0 Å². The smallest absolute Gasteiger partial charge is 0.254 e. The van der Waals surface area contributed by atoms with E-state index in [4.69, 9.17) is 4.74 Å². The minimum absolute atomic E-state index is 0.0707. The van der Waals surface area contributed by atoms with Crippen LogP contribution in [0.2, 0.25) is 0 Å². The number of carbonyl (C=O) groups is 1. The Bertz CT molecular complexity index is 679. The number of amides is 1. The molecule has 0 bridgehead atoms. The van der Waals surface area contributed by atoms with E-state index in [2.05, 4.69) is 4.98 Å². The van der Waals surface area contributed by atoms with Gasteiger partial charge >= 0.3 is 0 Å². The van der Waals surface area contributed by atoms with Crippen LogP contribution in [0.3, 0.4) is 0 Å². The number of nitrogens with zero attached hydrogens (tertiary/aromatic N) is 3. The highest BCUT2D eigenvalue weighted by atomic mass is 16.5. The van der Waals surface area contributed by atoms with Crippen LogP contribution in [0.4, 0.5) is 0 Å². The molecular formula is C18H23N3O2. The average Bonchev–Trinajstić information content (AvgIpc) is 3.02. The SMILES string of the molecule is C[C@H]1COC(C)(C)CN1C(=O)c1cccc(Cn2ccnc2)c1. The number of hydrogen-bond donors (Lipinski definition) is 0. The number of imidazole rings is 1. The molecule has 2 aromatic rings. The van der Waals surface area contributed by atoms with Crippen molar-refractivity contribution in [2.45, 2.75) is 39.0 Å². The lowest BCUT2D eigenvalue weighted by Crippen LogP contribution is -2.55. The first-order chi connectivity index (χ1) is 10.9. The van der Waals surface area contributed by atoms with Gasteiger partial charge in [0.1, 0.15) is 0 Å². The Labute approximate surface area is 136 Å². The highest BCUT2D eigenvalue weighted by molar-refractivity contribution is 5.94. The highest BCUT2D eigenvalue weighted by Crippen LogP contribution is 2.22. The van der Waals surface area contributed by atoms with E-state index in [1.54, 1.807) is 12.5 Å². The molecule has 1 atom stereocenters. The first-order valence-corrected chi connectivity index (χ1v) is 7.94. The fraction of sp³-hybridized carbons (Fsp3) is 0.444. The van der Waals surface area contributed by atoms with Gasteiger partial charge in [0.05, 0.1) is 24.6 Å². The maximum Gasteiger partial charge on any atom is 0.254 e. The Hall–Kier alpha value is -2.14. The Balaban J connectivity index is 1.79. The fourth-order valence-corrected chi connectivity index (χ4v) is 2.88. The first-order valence-electron chi connectivity index (χ1n) is 7.94. The predicted octanol–water partition coefficient (Wildman–Crippen LogP) is 2.57. The summed E-state index contributed by atoms with van der Waals surface area (Å²) in [6.07, 6.45) is 5.45. The third kappa shape index (κ3) is 3.62. The first kappa shape index (κ1) is 15.7. The van der Waals surface area contributed by atoms with E-state index in [0.717, 1.165) is 11.1 Å². The van der Waals surface area contributed by atoms with Gasteiger partial charge in [-0.3, -0.25) is 4.79 Å². The van der Waals surface area contributed by atoms with Crippen molar-refractivity contribution >= 4 is 5.91 Å². The molecule has 0 aliphatic carbocycles. The van der Waals surface area contributed by atoms with Gasteiger partial charge in [-0.15, -0.1) is 0 Å². The van der Waals surface area contributed by atoms with Gasteiger partial charge in [0.2, 0.25) is 0 Å². The molecule has 0 spiro atoms. The van der Waals surface area contributed by atoms with Crippen molar-refractivity contribution in [3.05, 3.63) is 54.1 Å². The van der Waals surface area contributed by atoms with Crippen LogP contribution in [0.5, 0.6) is 0 Å². The number of hydrogen-bond acceptors (Lipinski definition) is 3. The molecule has 0 unspecified atom stereocenters. The topological polar surface area (TPSA) is 47.4 Å².